The molecule has 8 heteroatoms. The van der Waals surface area contributed by atoms with Gasteiger partial charge in [-0.15, -0.1) is 10.2 Å². The highest BCUT2D eigenvalue weighted by atomic mass is 32.2. The molecule has 0 spiro atoms. The predicted octanol–water partition coefficient (Wildman–Crippen LogP) is 1.21. The number of hydrogen-bond acceptors (Lipinski definition) is 6. The molecule has 1 fully saturated rings. The van der Waals surface area contributed by atoms with Crippen LogP contribution in [0.15, 0.2) is 5.16 Å². The standard InChI is InChI=1S/C13H21N3O4S/c1-3-4-10-14-15-12(21-7-11(17)18)16(10)8-13(19-2)5-6-20-9-13/h3-9H2,1-2H3,(H,17,18). The molecule has 7 nitrogen and oxygen atoms in total. The van der Waals surface area contributed by atoms with Gasteiger partial charge in [-0.3, -0.25) is 4.79 Å². The summed E-state index contributed by atoms with van der Waals surface area (Å²) in [5.41, 5.74) is -0.372. The van der Waals surface area contributed by atoms with Crippen LogP contribution < -0.4 is 0 Å². The molecule has 0 radical (unpaired) electrons. The zero-order chi connectivity index (χ0) is 15.3. The molecular weight excluding hydrogens is 294 g/mol. The van der Waals surface area contributed by atoms with E-state index in [4.69, 9.17) is 14.6 Å². The summed E-state index contributed by atoms with van der Waals surface area (Å²) in [5, 5.41) is 17.8. The highest BCUT2D eigenvalue weighted by Crippen LogP contribution is 2.28. The maximum Gasteiger partial charge on any atom is 0.313 e. The topological polar surface area (TPSA) is 86.5 Å². The molecule has 1 aromatic heterocycles. The fourth-order valence-corrected chi connectivity index (χ4v) is 3.02. The van der Waals surface area contributed by atoms with Crippen LogP contribution in [0.3, 0.4) is 0 Å². The Bertz CT molecular complexity index is 486. The molecule has 1 aliphatic heterocycles. The summed E-state index contributed by atoms with van der Waals surface area (Å²) in [6.45, 7) is 3.88. The molecular formula is C13H21N3O4S. The minimum Gasteiger partial charge on any atom is -0.481 e. The molecule has 0 bridgehead atoms. The van der Waals surface area contributed by atoms with E-state index < -0.39 is 5.97 Å². The first-order valence-corrected chi connectivity index (χ1v) is 7.98. The molecule has 1 aromatic rings. The fraction of sp³-hybridized carbons (Fsp3) is 0.769. The number of nitrogens with zero attached hydrogens (tertiary/aromatic N) is 3. The number of carbonyl (C=O) groups is 1. The molecule has 118 valence electrons. The molecule has 1 N–H and O–H groups in total. The number of ether oxygens (including phenoxy) is 2. The lowest BCUT2D eigenvalue weighted by atomic mass is 10.0. The van der Waals surface area contributed by atoms with Gasteiger partial charge in [0.2, 0.25) is 0 Å². The fourth-order valence-electron chi connectivity index (χ4n) is 2.35. The van der Waals surface area contributed by atoms with E-state index in [1.807, 2.05) is 4.57 Å². The Kier molecular flexibility index (Phi) is 5.60. The van der Waals surface area contributed by atoms with E-state index in [0.717, 1.165) is 25.1 Å². The van der Waals surface area contributed by atoms with E-state index in [0.29, 0.717) is 24.9 Å². The van der Waals surface area contributed by atoms with E-state index in [-0.39, 0.29) is 11.4 Å². The second-order valence-electron chi connectivity index (χ2n) is 5.11. The zero-order valence-corrected chi connectivity index (χ0v) is 13.2. The van der Waals surface area contributed by atoms with Crippen molar-refractivity contribution in [2.75, 3.05) is 26.1 Å². The minimum absolute atomic E-state index is 0.0270. The molecule has 0 saturated carbocycles. The van der Waals surface area contributed by atoms with Gasteiger partial charge in [0.25, 0.3) is 0 Å². The first-order chi connectivity index (χ1) is 10.1. The first-order valence-electron chi connectivity index (χ1n) is 7.00. The highest BCUT2D eigenvalue weighted by molar-refractivity contribution is 7.99. The van der Waals surface area contributed by atoms with Crippen LogP contribution in [0.5, 0.6) is 0 Å². The number of aromatic nitrogens is 3. The number of rotatable bonds is 8. The number of aliphatic carboxylic acids is 1. The van der Waals surface area contributed by atoms with E-state index in [9.17, 15) is 4.79 Å². The van der Waals surface area contributed by atoms with Crippen LogP contribution in [-0.4, -0.2) is 57.5 Å². The maximum atomic E-state index is 10.8. The second-order valence-corrected chi connectivity index (χ2v) is 6.05. The van der Waals surface area contributed by atoms with Crippen LogP contribution in [0.2, 0.25) is 0 Å². The molecule has 2 heterocycles. The largest absolute Gasteiger partial charge is 0.481 e. The van der Waals surface area contributed by atoms with Crippen molar-refractivity contribution in [3.63, 3.8) is 0 Å². The van der Waals surface area contributed by atoms with Gasteiger partial charge in [0.15, 0.2) is 5.16 Å². The van der Waals surface area contributed by atoms with E-state index in [1.54, 1.807) is 7.11 Å². The molecule has 1 unspecified atom stereocenters. The molecule has 2 rings (SSSR count). The van der Waals surface area contributed by atoms with Crippen LogP contribution >= 0.6 is 11.8 Å². The van der Waals surface area contributed by atoms with E-state index >= 15 is 0 Å². The number of methoxy groups -OCH3 is 1. The summed E-state index contributed by atoms with van der Waals surface area (Å²) in [4.78, 5) is 10.8. The smallest absolute Gasteiger partial charge is 0.313 e. The van der Waals surface area contributed by atoms with Gasteiger partial charge in [-0.2, -0.15) is 0 Å². The molecule has 0 aliphatic carbocycles. The number of carboxylic acids is 1. The molecule has 21 heavy (non-hydrogen) atoms. The van der Waals surface area contributed by atoms with Crippen molar-refractivity contribution in [1.82, 2.24) is 14.8 Å². The van der Waals surface area contributed by atoms with Crippen molar-refractivity contribution in [2.45, 2.75) is 43.5 Å². The highest BCUT2D eigenvalue weighted by Gasteiger charge is 2.36. The Labute approximate surface area is 128 Å². The van der Waals surface area contributed by atoms with Gasteiger partial charge >= 0.3 is 5.97 Å². The van der Waals surface area contributed by atoms with Gasteiger partial charge in [-0.1, -0.05) is 18.7 Å². The third kappa shape index (κ3) is 3.96. The minimum atomic E-state index is -0.864. The Morgan fingerprint density at radius 2 is 2.38 bits per heavy atom. The Morgan fingerprint density at radius 3 is 2.95 bits per heavy atom. The maximum absolute atomic E-state index is 10.8. The molecule has 1 saturated heterocycles. The molecule has 1 atom stereocenters. The van der Waals surface area contributed by atoms with Crippen LogP contribution in [0.25, 0.3) is 0 Å². The van der Waals surface area contributed by atoms with Crippen molar-refractivity contribution in [1.29, 1.82) is 0 Å². The van der Waals surface area contributed by atoms with Crippen LogP contribution in [0, 0.1) is 0 Å². The summed E-state index contributed by atoms with van der Waals surface area (Å²) < 4.78 is 13.1. The summed E-state index contributed by atoms with van der Waals surface area (Å²) in [5.74, 6) is -0.0215. The number of hydrogen-bond donors (Lipinski definition) is 1. The number of carboxylic acid groups (broad SMARTS) is 1. The van der Waals surface area contributed by atoms with Gasteiger partial charge in [0.05, 0.1) is 18.9 Å². The monoisotopic (exact) mass is 315 g/mol. The van der Waals surface area contributed by atoms with Crippen LogP contribution in [0.4, 0.5) is 0 Å². The molecule has 0 amide bonds. The average Bonchev–Trinajstić information content (AvgIpc) is 3.07. The van der Waals surface area contributed by atoms with E-state index in [1.165, 1.54) is 11.8 Å². The van der Waals surface area contributed by atoms with Gasteiger partial charge in [-0.05, 0) is 6.42 Å². The lowest BCUT2D eigenvalue weighted by Gasteiger charge is -2.27. The van der Waals surface area contributed by atoms with Gasteiger partial charge in [0.1, 0.15) is 11.4 Å². The summed E-state index contributed by atoms with van der Waals surface area (Å²) in [7, 11) is 1.68. The van der Waals surface area contributed by atoms with Crippen molar-refractivity contribution in [3.8, 4) is 0 Å². The lowest BCUT2D eigenvalue weighted by Crippen LogP contribution is -2.37. The SMILES string of the molecule is CCCc1nnc(SCC(=O)O)n1CC1(OC)CCOC1. The lowest BCUT2D eigenvalue weighted by molar-refractivity contribution is -0.133. The van der Waals surface area contributed by atoms with Crippen molar-refractivity contribution < 1.29 is 19.4 Å². The quantitative estimate of drug-likeness (QED) is 0.722. The average molecular weight is 315 g/mol. The first kappa shape index (κ1) is 16.3. The second kappa shape index (κ2) is 7.24. The van der Waals surface area contributed by atoms with Gasteiger partial charge in [-0.25, -0.2) is 0 Å². The number of thioether (sulfide) groups is 1. The number of aryl methyl sites for hydroxylation is 1. The predicted molar refractivity (Wildman–Crippen MR) is 77.6 cm³/mol. The summed E-state index contributed by atoms with van der Waals surface area (Å²) >= 11 is 1.19. The molecule has 0 aromatic carbocycles. The van der Waals surface area contributed by atoms with Gasteiger partial charge < -0.3 is 19.1 Å². The van der Waals surface area contributed by atoms with E-state index in [2.05, 4.69) is 17.1 Å². The molecule has 1 aliphatic rings. The third-order valence-corrected chi connectivity index (χ3v) is 4.49. The Morgan fingerprint density at radius 1 is 1.57 bits per heavy atom. The van der Waals surface area contributed by atoms with Crippen LogP contribution in [-0.2, 0) is 27.2 Å². The van der Waals surface area contributed by atoms with Crippen molar-refractivity contribution >= 4 is 17.7 Å². The normalized spacial score (nSPS) is 21.8. The zero-order valence-electron chi connectivity index (χ0n) is 12.4. The van der Waals surface area contributed by atoms with Crippen molar-refractivity contribution in [2.24, 2.45) is 0 Å². The Hall–Kier alpha value is -1.12. The third-order valence-electron chi connectivity index (χ3n) is 3.54. The van der Waals surface area contributed by atoms with Crippen LogP contribution in [0.1, 0.15) is 25.6 Å². The summed E-state index contributed by atoms with van der Waals surface area (Å²) in [6.07, 6.45) is 2.58. The van der Waals surface area contributed by atoms with Crippen molar-refractivity contribution in [3.05, 3.63) is 5.82 Å². The Balaban J connectivity index is 2.21. The van der Waals surface area contributed by atoms with Gasteiger partial charge in [0, 0.05) is 26.6 Å². The summed E-state index contributed by atoms with van der Waals surface area (Å²) in [6, 6.07) is 0.